The van der Waals surface area contributed by atoms with Gasteiger partial charge in [0.05, 0.1) is 0 Å². The second kappa shape index (κ2) is 8.01. The first-order valence-corrected chi connectivity index (χ1v) is 7.98. The quantitative estimate of drug-likeness (QED) is 0.484. The lowest BCUT2D eigenvalue weighted by Gasteiger charge is -2.48. The third-order valence-corrected chi connectivity index (χ3v) is 4.50. The molecular formula is C12H29N3Si. The first kappa shape index (κ1) is 15.8. The van der Waals surface area contributed by atoms with Crippen molar-refractivity contribution in [3.8, 4) is 0 Å². The Morgan fingerprint density at radius 2 is 1.44 bits per heavy atom. The summed E-state index contributed by atoms with van der Waals surface area (Å²) in [6.45, 7) is 19.3. The molecule has 0 heterocycles. The predicted molar refractivity (Wildman–Crippen MR) is 76.1 cm³/mol. The molecule has 0 aromatic carbocycles. The summed E-state index contributed by atoms with van der Waals surface area (Å²) in [7, 11) is -0.375. The average molecular weight is 243 g/mol. The van der Waals surface area contributed by atoms with Gasteiger partial charge in [0.15, 0.2) is 0 Å². The smallest absolute Gasteiger partial charge is 0.119 e. The summed E-state index contributed by atoms with van der Waals surface area (Å²) in [6.07, 6.45) is 0. The van der Waals surface area contributed by atoms with Crippen LogP contribution in [0, 0.1) is 0 Å². The molecule has 3 nitrogen and oxygen atoms in total. The Labute approximate surface area is 104 Å². The highest BCUT2D eigenvalue weighted by atomic mass is 28.2. The minimum Gasteiger partial charge on any atom is -0.310 e. The summed E-state index contributed by atoms with van der Waals surface area (Å²) in [5.74, 6) is -0.00654. The van der Waals surface area contributed by atoms with Gasteiger partial charge in [0.25, 0.3) is 0 Å². The van der Waals surface area contributed by atoms with Crippen LogP contribution in [0.15, 0.2) is 12.3 Å². The van der Waals surface area contributed by atoms with Gasteiger partial charge < -0.3 is 4.98 Å². The van der Waals surface area contributed by atoms with Gasteiger partial charge in [0.1, 0.15) is 15.5 Å². The molecule has 96 valence electrons. The predicted octanol–water partition coefficient (Wildman–Crippen LogP) is 1.16. The van der Waals surface area contributed by atoms with Crippen molar-refractivity contribution >= 4 is 9.68 Å². The monoisotopic (exact) mass is 243 g/mol. The Morgan fingerprint density at radius 3 is 1.69 bits per heavy atom. The van der Waals surface area contributed by atoms with Crippen molar-refractivity contribution in [2.45, 2.75) is 40.4 Å². The molecule has 0 saturated carbocycles. The van der Waals surface area contributed by atoms with E-state index >= 15 is 0 Å². The van der Waals surface area contributed by atoms with Crippen LogP contribution < -0.4 is 4.98 Å². The van der Waals surface area contributed by atoms with E-state index < -0.39 is 0 Å². The lowest BCUT2D eigenvalue weighted by atomic mass is 10.2. The molecule has 0 aliphatic heterocycles. The first-order valence-electron chi connectivity index (χ1n) is 6.46. The fraction of sp³-hybridized carbons (Fsp3) is 0.833. The van der Waals surface area contributed by atoms with Gasteiger partial charge in [0.2, 0.25) is 0 Å². The lowest BCUT2D eigenvalue weighted by Crippen LogP contribution is -2.67. The van der Waals surface area contributed by atoms with Crippen LogP contribution in [0.4, 0.5) is 0 Å². The average Bonchev–Trinajstić information content (AvgIpc) is 2.29. The summed E-state index contributed by atoms with van der Waals surface area (Å²) >= 11 is 0. The molecule has 0 aliphatic rings. The molecule has 0 radical (unpaired) electrons. The van der Waals surface area contributed by atoms with Gasteiger partial charge in [-0.3, -0.25) is 9.80 Å². The summed E-state index contributed by atoms with van der Waals surface area (Å²) < 4.78 is 0. The van der Waals surface area contributed by atoms with Crippen LogP contribution in [-0.2, 0) is 0 Å². The van der Waals surface area contributed by atoms with Crippen molar-refractivity contribution < 1.29 is 0 Å². The minimum absolute atomic E-state index is 0.00654. The Morgan fingerprint density at radius 1 is 1.06 bits per heavy atom. The molecule has 0 bridgehead atoms. The van der Waals surface area contributed by atoms with Crippen LogP contribution in [0.25, 0.3) is 0 Å². The largest absolute Gasteiger partial charge is 0.310 e. The van der Waals surface area contributed by atoms with Crippen LogP contribution in [0.5, 0.6) is 0 Å². The number of hydrogen-bond acceptors (Lipinski definition) is 3. The highest BCUT2D eigenvalue weighted by molar-refractivity contribution is 6.38. The van der Waals surface area contributed by atoms with Gasteiger partial charge in [-0.2, -0.15) is 0 Å². The molecule has 0 amide bonds. The molecular weight excluding hydrogens is 214 g/mol. The van der Waals surface area contributed by atoms with Crippen molar-refractivity contribution in [3.63, 3.8) is 0 Å². The maximum atomic E-state index is 3.85. The minimum atomic E-state index is -0.375. The fourth-order valence-corrected chi connectivity index (χ4v) is 3.35. The summed E-state index contributed by atoms with van der Waals surface area (Å²) in [6, 6.07) is 0. The second-order valence-electron chi connectivity index (χ2n) is 4.03. The van der Waals surface area contributed by atoms with Crippen molar-refractivity contribution in [3.05, 3.63) is 12.3 Å². The van der Waals surface area contributed by atoms with Gasteiger partial charge in [-0.05, 0) is 33.1 Å². The summed E-state index contributed by atoms with van der Waals surface area (Å²) in [4.78, 5) is 8.69. The molecule has 0 saturated heterocycles. The molecule has 0 rings (SSSR count). The van der Waals surface area contributed by atoms with Crippen molar-refractivity contribution in [2.24, 2.45) is 0 Å². The fourth-order valence-electron chi connectivity index (χ4n) is 2.37. The third-order valence-electron chi connectivity index (χ3n) is 3.34. The molecule has 0 spiro atoms. The highest BCUT2D eigenvalue weighted by Gasteiger charge is 2.33. The van der Waals surface area contributed by atoms with Gasteiger partial charge in [0, 0.05) is 0 Å². The Balaban J connectivity index is 4.89. The van der Waals surface area contributed by atoms with E-state index in [1.54, 1.807) is 0 Å². The van der Waals surface area contributed by atoms with E-state index in [1.807, 2.05) is 0 Å². The number of rotatable bonds is 9. The second-order valence-corrected chi connectivity index (χ2v) is 5.37. The zero-order valence-corrected chi connectivity index (χ0v) is 13.1. The zero-order chi connectivity index (χ0) is 12.6. The van der Waals surface area contributed by atoms with Crippen LogP contribution in [-0.4, -0.2) is 51.4 Å². The Hall–Kier alpha value is -0.163. The van der Waals surface area contributed by atoms with Gasteiger partial charge in [-0.1, -0.05) is 33.4 Å². The van der Waals surface area contributed by atoms with Crippen LogP contribution >= 0.6 is 0 Å². The van der Waals surface area contributed by atoms with Gasteiger partial charge in [-0.15, -0.1) is 6.58 Å². The Bertz CT molecular complexity index is 177. The molecule has 0 unspecified atom stereocenters. The topological polar surface area (TPSA) is 18.5 Å². The maximum Gasteiger partial charge on any atom is 0.119 e. The van der Waals surface area contributed by atoms with Gasteiger partial charge >= 0.3 is 0 Å². The van der Waals surface area contributed by atoms with Crippen molar-refractivity contribution in [1.29, 1.82) is 0 Å². The van der Waals surface area contributed by atoms with E-state index in [0.717, 1.165) is 26.2 Å². The standard InChI is InChI=1S/C12H29N3Si/c1-7-14(8-2)12(6,13-16-11-5)15(9-3)10-4/h11,13H,5,7-10,16H2,1-4,6H3. The maximum absolute atomic E-state index is 3.85. The van der Waals surface area contributed by atoms with Crippen molar-refractivity contribution in [2.75, 3.05) is 26.2 Å². The summed E-state index contributed by atoms with van der Waals surface area (Å²) in [5, 5.41) is 0. The van der Waals surface area contributed by atoms with E-state index in [9.17, 15) is 0 Å². The third kappa shape index (κ3) is 3.70. The molecule has 1 N–H and O–H groups in total. The molecule has 0 aromatic heterocycles. The number of hydrogen-bond donors (Lipinski definition) is 1. The molecule has 0 aliphatic carbocycles. The molecule has 0 fully saturated rings. The highest BCUT2D eigenvalue weighted by Crippen LogP contribution is 2.16. The summed E-state index contributed by atoms with van der Waals surface area (Å²) in [5.41, 5.74) is 2.06. The van der Waals surface area contributed by atoms with E-state index in [2.05, 4.69) is 61.7 Å². The van der Waals surface area contributed by atoms with E-state index in [0.29, 0.717) is 0 Å². The number of nitrogens with zero attached hydrogens (tertiary/aromatic N) is 2. The van der Waals surface area contributed by atoms with Crippen molar-refractivity contribution in [1.82, 2.24) is 14.8 Å². The van der Waals surface area contributed by atoms with Crippen LogP contribution in [0.1, 0.15) is 34.6 Å². The Kier molecular flexibility index (Phi) is 7.92. The van der Waals surface area contributed by atoms with Crippen LogP contribution in [0.2, 0.25) is 0 Å². The number of nitrogens with one attached hydrogen (secondary N) is 1. The first-order chi connectivity index (χ1) is 7.60. The lowest BCUT2D eigenvalue weighted by molar-refractivity contribution is -0.0455. The van der Waals surface area contributed by atoms with E-state index in [4.69, 9.17) is 0 Å². The SMILES string of the molecule is C=C[SiH2]NC(C)(N(CC)CC)N(CC)CC. The van der Waals surface area contributed by atoms with Crippen LogP contribution in [0.3, 0.4) is 0 Å². The molecule has 0 aromatic rings. The molecule has 0 atom stereocenters. The zero-order valence-electron chi connectivity index (χ0n) is 11.7. The van der Waals surface area contributed by atoms with E-state index in [-0.39, 0.29) is 15.5 Å². The molecule has 4 heteroatoms. The van der Waals surface area contributed by atoms with E-state index in [1.165, 1.54) is 0 Å². The normalized spacial score (nSPS) is 13.2. The molecule has 16 heavy (non-hydrogen) atoms. The van der Waals surface area contributed by atoms with Gasteiger partial charge in [-0.25, -0.2) is 0 Å².